The summed E-state index contributed by atoms with van der Waals surface area (Å²) in [6, 6.07) is 6.93. The molecule has 0 N–H and O–H groups in total. The number of hydrogen-bond donors (Lipinski definition) is 0. The smallest absolute Gasteiger partial charge is 0.207 e. The summed E-state index contributed by atoms with van der Waals surface area (Å²) in [6.45, 7) is 2.66. The van der Waals surface area contributed by atoms with Gasteiger partial charge in [0.1, 0.15) is 15.8 Å². The predicted octanol–water partition coefficient (Wildman–Crippen LogP) is 4.46. The zero-order valence-corrected chi connectivity index (χ0v) is 16.2. The summed E-state index contributed by atoms with van der Waals surface area (Å²) in [5, 5.41) is -0.245. The molecule has 1 fully saturated rings. The number of halogens is 2. The van der Waals surface area contributed by atoms with Gasteiger partial charge in [0, 0.05) is 34.5 Å². The molecule has 1 atom stereocenters. The van der Waals surface area contributed by atoms with Gasteiger partial charge in [-0.3, -0.25) is 0 Å². The first-order chi connectivity index (χ1) is 11.9. The Balaban J connectivity index is 1.78. The summed E-state index contributed by atoms with van der Waals surface area (Å²) in [5.41, 5.74) is 0.314. The van der Waals surface area contributed by atoms with E-state index in [1.54, 1.807) is 6.07 Å². The molecule has 1 unspecified atom stereocenters. The zero-order valence-electron chi connectivity index (χ0n) is 13.7. The van der Waals surface area contributed by atoms with Crippen LogP contribution in [0.4, 0.5) is 8.78 Å². The van der Waals surface area contributed by atoms with Gasteiger partial charge in [-0.25, -0.2) is 17.2 Å². The highest BCUT2D eigenvalue weighted by atomic mass is 32.2. The van der Waals surface area contributed by atoms with Gasteiger partial charge in [0.25, 0.3) is 10.0 Å². The van der Waals surface area contributed by atoms with E-state index in [1.807, 2.05) is 13.0 Å². The molecule has 0 saturated carbocycles. The average molecular weight is 404 g/mol. The van der Waals surface area contributed by atoms with Crippen LogP contribution < -0.4 is 0 Å². The van der Waals surface area contributed by atoms with Crippen molar-refractivity contribution in [2.75, 3.05) is 18.8 Å². The van der Waals surface area contributed by atoms with E-state index in [0.717, 1.165) is 23.4 Å². The van der Waals surface area contributed by atoms with E-state index in [2.05, 4.69) is 0 Å². The third-order valence-corrected chi connectivity index (χ3v) is 9.09. The first kappa shape index (κ1) is 18.8. The van der Waals surface area contributed by atoms with Gasteiger partial charge in [-0.15, -0.1) is 11.3 Å². The van der Waals surface area contributed by atoms with Crippen molar-refractivity contribution >= 4 is 33.1 Å². The number of sulfonamides is 1. The SMILES string of the molecule is CCc1ccc(S(=O)(=O)N2CCSC(c3cc(F)ccc3F)CC2)s1. The molecule has 2 heterocycles. The van der Waals surface area contributed by atoms with Crippen molar-refractivity contribution in [2.45, 2.75) is 29.2 Å². The number of aryl methyl sites for hydroxylation is 1. The Hall–Kier alpha value is -0.960. The molecule has 0 aliphatic carbocycles. The van der Waals surface area contributed by atoms with E-state index < -0.39 is 21.7 Å². The summed E-state index contributed by atoms with van der Waals surface area (Å²) in [4.78, 5) is 1.03. The predicted molar refractivity (Wildman–Crippen MR) is 98.6 cm³/mol. The Morgan fingerprint density at radius 1 is 1.20 bits per heavy atom. The van der Waals surface area contributed by atoms with Crippen LogP contribution >= 0.6 is 23.1 Å². The second kappa shape index (κ2) is 7.73. The van der Waals surface area contributed by atoms with Crippen molar-refractivity contribution in [3.05, 3.63) is 52.4 Å². The second-order valence-corrected chi connectivity index (χ2v) is 10.4. The Morgan fingerprint density at radius 3 is 2.72 bits per heavy atom. The fourth-order valence-electron chi connectivity index (χ4n) is 2.81. The largest absolute Gasteiger partial charge is 0.252 e. The maximum atomic E-state index is 14.0. The van der Waals surface area contributed by atoms with E-state index in [-0.39, 0.29) is 5.25 Å². The van der Waals surface area contributed by atoms with E-state index in [9.17, 15) is 17.2 Å². The van der Waals surface area contributed by atoms with Crippen LogP contribution in [0.5, 0.6) is 0 Å². The topological polar surface area (TPSA) is 37.4 Å². The first-order valence-electron chi connectivity index (χ1n) is 8.07. The Morgan fingerprint density at radius 2 is 2.00 bits per heavy atom. The van der Waals surface area contributed by atoms with E-state index in [1.165, 1.54) is 33.5 Å². The maximum Gasteiger partial charge on any atom is 0.252 e. The van der Waals surface area contributed by atoms with Crippen molar-refractivity contribution in [3.63, 3.8) is 0 Å². The number of rotatable bonds is 4. The summed E-state index contributed by atoms with van der Waals surface area (Å²) in [6.07, 6.45) is 1.26. The highest BCUT2D eigenvalue weighted by Crippen LogP contribution is 2.37. The Labute approximate surface area is 155 Å². The summed E-state index contributed by atoms with van der Waals surface area (Å²) < 4.78 is 54.9. The summed E-state index contributed by atoms with van der Waals surface area (Å²) in [7, 11) is -3.53. The maximum absolute atomic E-state index is 14.0. The van der Waals surface area contributed by atoms with Crippen LogP contribution in [0.3, 0.4) is 0 Å². The zero-order chi connectivity index (χ0) is 18.0. The molecule has 0 radical (unpaired) electrons. The fourth-order valence-corrected chi connectivity index (χ4v) is 7.08. The first-order valence-corrected chi connectivity index (χ1v) is 11.4. The highest BCUT2D eigenvalue weighted by Gasteiger charge is 2.30. The molecule has 3 nitrogen and oxygen atoms in total. The van der Waals surface area contributed by atoms with Crippen LogP contribution in [-0.4, -0.2) is 31.6 Å². The lowest BCUT2D eigenvalue weighted by Crippen LogP contribution is -2.32. The molecule has 3 rings (SSSR count). The minimum Gasteiger partial charge on any atom is -0.207 e. The lowest BCUT2D eigenvalue weighted by molar-refractivity contribution is 0.428. The van der Waals surface area contributed by atoms with E-state index in [0.29, 0.717) is 35.0 Å². The van der Waals surface area contributed by atoms with Crippen LogP contribution in [0.1, 0.15) is 29.0 Å². The minimum absolute atomic E-state index is 0.245. The number of nitrogens with zero attached hydrogens (tertiary/aromatic N) is 1. The molecule has 1 aliphatic rings. The van der Waals surface area contributed by atoms with Crippen molar-refractivity contribution in [1.29, 1.82) is 0 Å². The van der Waals surface area contributed by atoms with Crippen LogP contribution in [0.15, 0.2) is 34.5 Å². The van der Waals surface area contributed by atoms with Crippen LogP contribution in [0.25, 0.3) is 0 Å². The molecular formula is C17H19F2NO2S3. The normalized spacial score (nSPS) is 19.7. The number of benzene rings is 1. The lowest BCUT2D eigenvalue weighted by atomic mass is 10.1. The van der Waals surface area contributed by atoms with Gasteiger partial charge in [-0.2, -0.15) is 16.1 Å². The standard InChI is InChI=1S/C17H19F2NO2S3/c1-2-13-4-6-17(24-13)25(21,22)20-8-7-16(23-10-9-20)14-11-12(18)3-5-15(14)19/h3-6,11,16H,2,7-10H2,1H3. The average Bonchev–Trinajstić information content (AvgIpc) is 2.95. The number of hydrogen-bond acceptors (Lipinski definition) is 4. The molecule has 1 aromatic heterocycles. The molecular weight excluding hydrogens is 384 g/mol. The molecule has 0 bridgehead atoms. The van der Waals surface area contributed by atoms with Gasteiger partial charge in [0.2, 0.25) is 0 Å². The fraction of sp³-hybridized carbons (Fsp3) is 0.412. The molecule has 25 heavy (non-hydrogen) atoms. The number of thiophene rings is 1. The third kappa shape index (κ3) is 4.07. The minimum atomic E-state index is -3.53. The summed E-state index contributed by atoms with van der Waals surface area (Å²) >= 11 is 2.77. The van der Waals surface area contributed by atoms with Crippen LogP contribution in [-0.2, 0) is 16.4 Å². The second-order valence-electron chi connectivity index (χ2n) is 5.79. The van der Waals surface area contributed by atoms with Crippen molar-refractivity contribution in [1.82, 2.24) is 4.31 Å². The lowest BCUT2D eigenvalue weighted by Gasteiger charge is -2.19. The quantitative estimate of drug-likeness (QED) is 0.757. The molecule has 0 spiro atoms. The van der Waals surface area contributed by atoms with Gasteiger partial charge in [0.15, 0.2) is 0 Å². The molecule has 1 aromatic carbocycles. The molecule has 1 aliphatic heterocycles. The van der Waals surface area contributed by atoms with Crippen molar-refractivity contribution in [3.8, 4) is 0 Å². The van der Waals surface area contributed by atoms with Gasteiger partial charge in [-0.05, 0) is 43.2 Å². The molecule has 1 saturated heterocycles. The number of thioether (sulfide) groups is 1. The van der Waals surface area contributed by atoms with Crippen molar-refractivity contribution in [2.24, 2.45) is 0 Å². The van der Waals surface area contributed by atoms with E-state index >= 15 is 0 Å². The molecule has 8 heteroatoms. The molecule has 0 amide bonds. The molecule has 2 aromatic rings. The summed E-state index contributed by atoms with van der Waals surface area (Å²) in [5.74, 6) is -0.372. The van der Waals surface area contributed by atoms with Crippen LogP contribution in [0.2, 0.25) is 0 Å². The third-order valence-electron chi connectivity index (χ3n) is 4.18. The van der Waals surface area contributed by atoms with Gasteiger partial charge in [0.05, 0.1) is 0 Å². The van der Waals surface area contributed by atoms with Crippen molar-refractivity contribution < 1.29 is 17.2 Å². The van der Waals surface area contributed by atoms with Crippen LogP contribution in [0, 0.1) is 11.6 Å². The Bertz CT molecular complexity index is 851. The highest BCUT2D eigenvalue weighted by molar-refractivity contribution is 7.99. The van der Waals surface area contributed by atoms with Gasteiger partial charge >= 0.3 is 0 Å². The molecule has 136 valence electrons. The Kier molecular flexibility index (Phi) is 5.82. The van der Waals surface area contributed by atoms with Gasteiger partial charge in [-0.1, -0.05) is 6.92 Å². The van der Waals surface area contributed by atoms with E-state index in [4.69, 9.17) is 0 Å². The van der Waals surface area contributed by atoms with Gasteiger partial charge < -0.3 is 0 Å². The monoisotopic (exact) mass is 403 g/mol.